The van der Waals surface area contributed by atoms with Crippen molar-refractivity contribution in [1.29, 1.82) is 5.26 Å². The first kappa shape index (κ1) is 15.8. The summed E-state index contributed by atoms with van der Waals surface area (Å²) in [6.45, 7) is 1.50. The number of piperazine rings is 1. The van der Waals surface area contributed by atoms with E-state index in [4.69, 9.17) is 5.26 Å². The fourth-order valence-corrected chi connectivity index (χ4v) is 4.28. The first-order chi connectivity index (χ1) is 13.2. The zero-order chi connectivity index (χ0) is 18.4. The van der Waals surface area contributed by atoms with Crippen LogP contribution in [0.2, 0.25) is 0 Å². The second kappa shape index (κ2) is 6.09. The number of benzene rings is 1. The second-order valence-corrected chi connectivity index (χ2v) is 7.12. The molecule has 2 aliphatic heterocycles. The van der Waals surface area contributed by atoms with Crippen LogP contribution in [0.3, 0.4) is 0 Å². The van der Waals surface area contributed by atoms with Gasteiger partial charge in [-0.1, -0.05) is 12.1 Å². The van der Waals surface area contributed by atoms with Crippen LogP contribution in [0.5, 0.6) is 0 Å². The molecule has 2 fully saturated rings. The van der Waals surface area contributed by atoms with Crippen molar-refractivity contribution in [3.63, 3.8) is 0 Å². The summed E-state index contributed by atoms with van der Waals surface area (Å²) in [5, 5.41) is 9.80. The number of hydrogen-bond acceptors (Lipinski definition) is 5. The van der Waals surface area contributed by atoms with Crippen LogP contribution in [0.15, 0.2) is 42.9 Å². The summed E-state index contributed by atoms with van der Waals surface area (Å²) in [6, 6.07) is 12.0. The molecular formula is C20H18N6O. The van der Waals surface area contributed by atoms with Gasteiger partial charge in [-0.3, -0.25) is 4.79 Å². The first-order valence-corrected chi connectivity index (χ1v) is 9.06. The van der Waals surface area contributed by atoms with E-state index in [1.165, 1.54) is 0 Å². The van der Waals surface area contributed by atoms with E-state index < -0.39 is 0 Å². The molecule has 2 bridgehead atoms. The van der Waals surface area contributed by atoms with Crippen molar-refractivity contribution >= 4 is 22.8 Å². The number of nitrogens with one attached hydrogen (secondary N) is 1. The van der Waals surface area contributed by atoms with Crippen LogP contribution in [0, 0.1) is 11.3 Å². The molecule has 27 heavy (non-hydrogen) atoms. The molecule has 1 aromatic carbocycles. The smallest absolute Gasteiger partial charge is 0.254 e. The summed E-state index contributed by atoms with van der Waals surface area (Å²) in [5.74, 6) is 1.02. The van der Waals surface area contributed by atoms with Gasteiger partial charge >= 0.3 is 0 Å². The average Bonchev–Trinajstić information content (AvgIpc) is 3.43. The Morgan fingerprint density at radius 3 is 2.78 bits per heavy atom. The molecule has 5 rings (SSSR count). The molecular weight excluding hydrogens is 340 g/mol. The largest absolute Gasteiger partial charge is 0.349 e. The van der Waals surface area contributed by atoms with Crippen LogP contribution in [0.25, 0.3) is 11.0 Å². The van der Waals surface area contributed by atoms with E-state index in [0.717, 1.165) is 35.4 Å². The highest BCUT2D eigenvalue weighted by Gasteiger charge is 2.46. The van der Waals surface area contributed by atoms with Gasteiger partial charge in [-0.25, -0.2) is 9.97 Å². The summed E-state index contributed by atoms with van der Waals surface area (Å²) in [7, 11) is 0. The monoisotopic (exact) mass is 358 g/mol. The number of rotatable bonds is 3. The molecule has 3 aromatic rings. The summed E-state index contributed by atoms with van der Waals surface area (Å²) >= 11 is 0. The van der Waals surface area contributed by atoms with Gasteiger partial charge in [0, 0.05) is 24.8 Å². The lowest BCUT2D eigenvalue weighted by Crippen LogP contribution is -2.49. The second-order valence-electron chi connectivity index (χ2n) is 7.12. The maximum atomic E-state index is 12.9. The summed E-state index contributed by atoms with van der Waals surface area (Å²) in [5.41, 5.74) is 2.46. The van der Waals surface area contributed by atoms with Gasteiger partial charge in [0.05, 0.1) is 30.0 Å². The van der Waals surface area contributed by atoms with Crippen LogP contribution in [0.4, 0.5) is 5.82 Å². The number of carbonyl (C=O) groups excluding carboxylic acids is 1. The Kier molecular flexibility index (Phi) is 3.57. The Hall–Kier alpha value is -3.40. The van der Waals surface area contributed by atoms with Gasteiger partial charge in [0.25, 0.3) is 5.91 Å². The lowest BCUT2D eigenvalue weighted by Gasteiger charge is -2.35. The van der Waals surface area contributed by atoms with Gasteiger partial charge in [-0.15, -0.1) is 0 Å². The lowest BCUT2D eigenvalue weighted by molar-refractivity contribution is 0.0725. The Balaban J connectivity index is 1.34. The first-order valence-electron chi connectivity index (χ1n) is 9.06. The molecule has 2 atom stereocenters. The highest BCUT2D eigenvalue weighted by Crippen LogP contribution is 2.36. The van der Waals surface area contributed by atoms with Crippen molar-refractivity contribution in [3.05, 3.63) is 54.0 Å². The van der Waals surface area contributed by atoms with Crippen molar-refractivity contribution in [1.82, 2.24) is 19.9 Å². The van der Waals surface area contributed by atoms with Crippen LogP contribution in [-0.4, -0.2) is 50.9 Å². The molecule has 0 radical (unpaired) electrons. The van der Waals surface area contributed by atoms with Crippen LogP contribution in [0.1, 0.15) is 22.3 Å². The van der Waals surface area contributed by atoms with Crippen molar-refractivity contribution in [2.45, 2.75) is 24.9 Å². The lowest BCUT2D eigenvalue weighted by atomic mass is 10.1. The maximum absolute atomic E-state index is 12.9. The molecule has 2 unspecified atom stereocenters. The zero-order valence-corrected chi connectivity index (χ0v) is 14.7. The zero-order valence-electron chi connectivity index (χ0n) is 14.7. The number of likely N-dealkylation sites (tertiary alicyclic amines) is 1. The molecule has 4 heterocycles. The highest BCUT2D eigenvalue weighted by molar-refractivity contribution is 5.95. The number of nitrogens with zero attached hydrogens (tertiary/aromatic N) is 5. The third kappa shape index (κ3) is 2.53. The normalized spacial score (nSPS) is 21.0. The molecule has 2 aromatic heterocycles. The van der Waals surface area contributed by atoms with Gasteiger partial charge in [-0.05, 0) is 30.2 Å². The molecule has 7 nitrogen and oxygen atoms in total. The number of amides is 1. The predicted molar refractivity (Wildman–Crippen MR) is 100 cm³/mol. The van der Waals surface area contributed by atoms with Gasteiger partial charge in [0.2, 0.25) is 0 Å². The van der Waals surface area contributed by atoms with E-state index in [-0.39, 0.29) is 18.0 Å². The number of carbonyl (C=O) groups is 1. The standard InChI is InChI=1S/C20H18N6O/c21-7-5-13-1-3-14(4-2-13)20(27)26-11-15-9-16(26)10-25(15)19-17-6-8-22-18(17)23-12-24-19/h1-4,6,8,12,15-16H,5,9-11H2,(H,22,23,24). The van der Waals surface area contributed by atoms with E-state index in [9.17, 15) is 4.79 Å². The van der Waals surface area contributed by atoms with Crippen LogP contribution >= 0.6 is 0 Å². The van der Waals surface area contributed by atoms with E-state index in [0.29, 0.717) is 18.5 Å². The molecule has 0 aliphatic carbocycles. The number of anilines is 1. The van der Waals surface area contributed by atoms with Crippen molar-refractivity contribution in [2.24, 2.45) is 0 Å². The van der Waals surface area contributed by atoms with Crippen molar-refractivity contribution < 1.29 is 4.79 Å². The number of hydrogen-bond donors (Lipinski definition) is 1. The summed E-state index contributed by atoms with van der Waals surface area (Å²) < 4.78 is 0. The van der Waals surface area contributed by atoms with Gasteiger partial charge in [0.15, 0.2) is 0 Å². The third-order valence-corrected chi connectivity index (χ3v) is 5.59. The molecule has 2 saturated heterocycles. The molecule has 7 heteroatoms. The Morgan fingerprint density at radius 2 is 2.04 bits per heavy atom. The maximum Gasteiger partial charge on any atom is 0.254 e. The predicted octanol–water partition coefficient (Wildman–Crippen LogP) is 2.13. The molecule has 2 aliphatic rings. The fraction of sp³-hybridized carbons (Fsp3) is 0.300. The van der Waals surface area contributed by atoms with E-state index in [1.807, 2.05) is 41.4 Å². The Morgan fingerprint density at radius 1 is 1.19 bits per heavy atom. The Labute approximate surface area is 156 Å². The Bertz CT molecular complexity index is 1050. The van der Waals surface area contributed by atoms with Gasteiger partial charge in [0.1, 0.15) is 17.8 Å². The summed E-state index contributed by atoms with van der Waals surface area (Å²) in [4.78, 5) is 29.1. The molecule has 0 saturated carbocycles. The molecule has 134 valence electrons. The minimum absolute atomic E-state index is 0.0696. The number of aromatic nitrogens is 3. The fourth-order valence-electron chi connectivity index (χ4n) is 4.28. The quantitative estimate of drug-likeness (QED) is 0.775. The van der Waals surface area contributed by atoms with Crippen molar-refractivity contribution in [2.75, 3.05) is 18.0 Å². The summed E-state index contributed by atoms with van der Waals surface area (Å²) in [6.07, 6.45) is 4.80. The van der Waals surface area contributed by atoms with Gasteiger partial charge in [-0.2, -0.15) is 5.26 Å². The molecule has 0 spiro atoms. The minimum Gasteiger partial charge on any atom is -0.349 e. The topological polar surface area (TPSA) is 88.9 Å². The van der Waals surface area contributed by atoms with Crippen LogP contribution in [-0.2, 0) is 6.42 Å². The van der Waals surface area contributed by atoms with Crippen molar-refractivity contribution in [3.8, 4) is 6.07 Å². The van der Waals surface area contributed by atoms with E-state index in [1.54, 1.807) is 6.33 Å². The minimum atomic E-state index is 0.0696. The van der Waals surface area contributed by atoms with Gasteiger partial charge < -0.3 is 14.8 Å². The SMILES string of the molecule is N#CCc1ccc(C(=O)N2CC3CC2CN3c2ncnc3[nH]ccc23)cc1. The molecule has 1 amide bonds. The number of H-pyrrole nitrogens is 1. The van der Waals surface area contributed by atoms with E-state index >= 15 is 0 Å². The molecule has 1 N–H and O–H groups in total. The number of nitriles is 1. The number of aromatic amines is 1. The van der Waals surface area contributed by atoms with Crippen LogP contribution < -0.4 is 4.90 Å². The average molecular weight is 358 g/mol. The van der Waals surface area contributed by atoms with E-state index in [2.05, 4.69) is 25.9 Å². The highest BCUT2D eigenvalue weighted by atomic mass is 16.2. The number of fused-ring (bicyclic) bond motifs is 3. The third-order valence-electron chi connectivity index (χ3n) is 5.59.